The van der Waals surface area contributed by atoms with E-state index < -0.39 is 0 Å². The summed E-state index contributed by atoms with van der Waals surface area (Å²) in [6, 6.07) is 15.9. The SMILES string of the molecule is Cn1c2ccccc2c2nnc(NN=Cc3ccc(Br)cc3)nc21. The van der Waals surface area contributed by atoms with Crippen molar-refractivity contribution in [1.29, 1.82) is 0 Å². The van der Waals surface area contributed by atoms with E-state index in [2.05, 4.69) is 41.6 Å². The average molecular weight is 381 g/mol. The highest BCUT2D eigenvalue weighted by atomic mass is 79.9. The van der Waals surface area contributed by atoms with Crippen molar-refractivity contribution in [3.8, 4) is 0 Å². The normalized spacial score (nSPS) is 11.6. The molecule has 0 spiro atoms. The van der Waals surface area contributed by atoms with E-state index in [1.807, 2.05) is 60.1 Å². The van der Waals surface area contributed by atoms with Crippen molar-refractivity contribution in [2.45, 2.75) is 0 Å². The van der Waals surface area contributed by atoms with Crippen molar-refractivity contribution in [3.05, 3.63) is 58.6 Å². The molecule has 4 rings (SSSR count). The molecule has 4 aromatic rings. The number of hydrogen-bond acceptors (Lipinski definition) is 5. The van der Waals surface area contributed by atoms with Crippen LogP contribution in [0.25, 0.3) is 22.1 Å². The van der Waals surface area contributed by atoms with E-state index in [1.54, 1.807) is 6.21 Å². The zero-order valence-electron chi connectivity index (χ0n) is 12.8. The maximum absolute atomic E-state index is 4.51. The fourth-order valence-corrected chi connectivity index (χ4v) is 2.83. The Hall–Kier alpha value is -2.80. The van der Waals surface area contributed by atoms with Gasteiger partial charge in [-0.05, 0) is 23.8 Å². The maximum Gasteiger partial charge on any atom is 0.265 e. The lowest BCUT2D eigenvalue weighted by molar-refractivity contribution is 0.949. The zero-order valence-corrected chi connectivity index (χ0v) is 14.4. The second kappa shape index (κ2) is 6.01. The lowest BCUT2D eigenvalue weighted by Crippen LogP contribution is -2.00. The van der Waals surface area contributed by atoms with Crippen LogP contribution in [-0.2, 0) is 7.05 Å². The zero-order chi connectivity index (χ0) is 16.5. The quantitative estimate of drug-likeness (QED) is 0.434. The van der Waals surface area contributed by atoms with Gasteiger partial charge in [0.2, 0.25) is 0 Å². The first-order valence-corrected chi connectivity index (χ1v) is 8.14. The molecule has 0 unspecified atom stereocenters. The van der Waals surface area contributed by atoms with Crippen LogP contribution in [0.4, 0.5) is 5.95 Å². The molecule has 0 fully saturated rings. The number of anilines is 1. The summed E-state index contributed by atoms with van der Waals surface area (Å²) in [4.78, 5) is 4.51. The predicted octanol–water partition coefficient (Wildman–Crippen LogP) is 3.73. The van der Waals surface area contributed by atoms with Crippen LogP contribution in [0.5, 0.6) is 0 Å². The molecule has 1 N–H and O–H groups in total. The molecule has 7 heteroatoms. The van der Waals surface area contributed by atoms with E-state index in [4.69, 9.17) is 0 Å². The molecule has 0 amide bonds. The summed E-state index contributed by atoms with van der Waals surface area (Å²) in [5, 5.41) is 13.6. The van der Waals surface area contributed by atoms with Crippen molar-refractivity contribution >= 4 is 50.2 Å². The minimum Gasteiger partial charge on any atom is -0.327 e. The Morgan fingerprint density at radius 2 is 1.88 bits per heavy atom. The molecule has 2 heterocycles. The average Bonchev–Trinajstić information content (AvgIpc) is 2.90. The Morgan fingerprint density at radius 3 is 2.71 bits per heavy atom. The van der Waals surface area contributed by atoms with Crippen molar-refractivity contribution in [2.24, 2.45) is 12.1 Å². The van der Waals surface area contributed by atoms with Crippen molar-refractivity contribution in [3.63, 3.8) is 0 Å². The molecule has 0 bridgehead atoms. The van der Waals surface area contributed by atoms with Crippen molar-refractivity contribution in [1.82, 2.24) is 19.7 Å². The highest BCUT2D eigenvalue weighted by Crippen LogP contribution is 2.24. The lowest BCUT2D eigenvalue weighted by atomic mass is 10.2. The second-order valence-electron chi connectivity index (χ2n) is 5.31. The molecule has 0 saturated heterocycles. The van der Waals surface area contributed by atoms with Crippen LogP contribution in [0.3, 0.4) is 0 Å². The molecule has 24 heavy (non-hydrogen) atoms. The first-order chi connectivity index (χ1) is 11.7. The Kier molecular flexibility index (Phi) is 3.70. The van der Waals surface area contributed by atoms with Gasteiger partial charge in [0, 0.05) is 16.9 Å². The standard InChI is InChI=1S/C17H13BrN6/c1-24-14-5-3-2-4-13(14)15-16(24)20-17(23-21-15)22-19-10-11-6-8-12(18)9-7-11/h2-10H,1H3,(H,20,22,23). The largest absolute Gasteiger partial charge is 0.327 e. The van der Waals surface area contributed by atoms with Crippen LogP contribution in [-0.4, -0.2) is 26.0 Å². The highest BCUT2D eigenvalue weighted by Gasteiger charge is 2.11. The first kappa shape index (κ1) is 14.8. The number of nitrogens with zero attached hydrogens (tertiary/aromatic N) is 5. The fourth-order valence-electron chi connectivity index (χ4n) is 2.57. The summed E-state index contributed by atoms with van der Waals surface area (Å²) < 4.78 is 3.03. The summed E-state index contributed by atoms with van der Waals surface area (Å²) in [7, 11) is 1.97. The predicted molar refractivity (Wildman–Crippen MR) is 99.2 cm³/mol. The van der Waals surface area contributed by atoms with Gasteiger partial charge in [0.1, 0.15) is 5.52 Å². The third-order valence-electron chi connectivity index (χ3n) is 3.75. The van der Waals surface area contributed by atoms with E-state index in [-0.39, 0.29) is 0 Å². The summed E-state index contributed by atoms with van der Waals surface area (Å²) in [6.45, 7) is 0. The Balaban J connectivity index is 1.64. The molecule has 0 saturated carbocycles. The topological polar surface area (TPSA) is 68.0 Å². The van der Waals surface area contributed by atoms with Crippen LogP contribution >= 0.6 is 15.9 Å². The Morgan fingerprint density at radius 1 is 1.08 bits per heavy atom. The third kappa shape index (κ3) is 2.63. The summed E-state index contributed by atoms with van der Waals surface area (Å²) >= 11 is 3.40. The van der Waals surface area contributed by atoms with Gasteiger partial charge < -0.3 is 4.57 Å². The van der Waals surface area contributed by atoms with Gasteiger partial charge in [-0.2, -0.15) is 10.1 Å². The smallest absolute Gasteiger partial charge is 0.265 e. The number of hydrogen-bond donors (Lipinski definition) is 1. The molecule has 0 atom stereocenters. The summed E-state index contributed by atoms with van der Waals surface area (Å²) in [6.07, 6.45) is 1.71. The third-order valence-corrected chi connectivity index (χ3v) is 4.28. The van der Waals surface area contributed by atoms with Crippen LogP contribution in [0, 0.1) is 0 Å². The molecule has 2 aromatic carbocycles. The number of aromatic nitrogens is 4. The van der Waals surface area contributed by atoms with Crippen molar-refractivity contribution in [2.75, 3.05) is 5.43 Å². The number of nitrogens with one attached hydrogen (secondary N) is 1. The van der Waals surface area contributed by atoms with E-state index in [0.29, 0.717) is 5.95 Å². The van der Waals surface area contributed by atoms with Gasteiger partial charge in [0.05, 0.1) is 11.7 Å². The molecule has 0 aliphatic carbocycles. The first-order valence-electron chi connectivity index (χ1n) is 7.35. The molecular formula is C17H13BrN6. The Bertz CT molecular complexity index is 1050. The van der Waals surface area contributed by atoms with Crippen LogP contribution < -0.4 is 5.43 Å². The van der Waals surface area contributed by atoms with E-state index in [9.17, 15) is 0 Å². The number of aryl methyl sites for hydroxylation is 1. The van der Waals surface area contributed by atoms with Gasteiger partial charge in [-0.3, -0.25) is 0 Å². The van der Waals surface area contributed by atoms with Gasteiger partial charge in [-0.1, -0.05) is 46.3 Å². The van der Waals surface area contributed by atoms with Gasteiger partial charge in [-0.25, -0.2) is 5.43 Å². The van der Waals surface area contributed by atoms with Crippen LogP contribution in [0.1, 0.15) is 5.56 Å². The number of halogens is 1. The lowest BCUT2D eigenvalue weighted by Gasteiger charge is -1.99. The van der Waals surface area contributed by atoms with E-state index in [0.717, 1.165) is 32.1 Å². The van der Waals surface area contributed by atoms with Gasteiger partial charge in [0.25, 0.3) is 5.95 Å². The van der Waals surface area contributed by atoms with E-state index >= 15 is 0 Å². The molecule has 118 valence electrons. The molecule has 0 radical (unpaired) electrons. The molecule has 6 nitrogen and oxygen atoms in total. The summed E-state index contributed by atoms with van der Waals surface area (Å²) in [5.74, 6) is 0.363. The molecule has 2 aromatic heterocycles. The highest BCUT2D eigenvalue weighted by molar-refractivity contribution is 9.10. The summed E-state index contributed by atoms with van der Waals surface area (Å²) in [5.41, 5.74) is 6.44. The van der Waals surface area contributed by atoms with Crippen molar-refractivity contribution < 1.29 is 0 Å². The number of para-hydroxylation sites is 1. The molecule has 0 aliphatic heterocycles. The van der Waals surface area contributed by atoms with Gasteiger partial charge in [0.15, 0.2) is 5.65 Å². The number of hydrazone groups is 1. The van der Waals surface area contributed by atoms with Crippen LogP contribution in [0.15, 0.2) is 58.1 Å². The van der Waals surface area contributed by atoms with Crippen LogP contribution in [0.2, 0.25) is 0 Å². The fraction of sp³-hybridized carbons (Fsp3) is 0.0588. The monoisotopic (exact) mass is 380 g/mol. The number of fused-ring (bicyclic) bond motifs is 3. The van der Waals surface area contributed by atoms with Gasteiger partial charge in [-0.15, -0.1) is 10.2 Å². The molecule has 0 aliphatic rings. The Labute approximate surface area is 146 Å². The second-order valence-corrected chi connectivity index (χ2v) is 6.22. The molecular weight excluding hydrogens is 368 g/mol. The van der Waals surface area contributed by atoms with Gasteiger partial charge >= 0.3 is 0 Å². The number of benzene rings is 2. The minimum atomic E-state index is 0.363. The van der Waals surface area contributed by atoms with E-state index in [1.165, 1.54) is 0 Å². The number of rotatable bonds is 3. The minimum absolute atomic E-state index is 0.363. The maximum atomic E-state index is 4.51.